The minimum absolute atomic E-state index is 0.241. The summed E-state index contributed by atoms with van der Waals surface area (Å²) in [5, 5.41) is 0. The van der Waals surface area contributed by atoms with E-state index in [1.165, 1.54) is 0 Å². The van der Waals surface area contributed by atoms with Crippen molar-refractivity contribution in [3.63, 3.8) is 0 Å². The van der Waals surface area contributed by atoms with E-state index in [0.29, 0.717) is 17.9 Å². The number of ether oxygens (including phenoxy) is 3. The molecule has 0 bridgehead atoms. The van der Waals surface area contributed by atoms with E-state index in [0.717, 1.165) is 0 Å². The van der Waals surface area contributed by atoms with Crippen LogP contribution < -0.4 is 9.47 Å². The standard InChI is InChI=1S/C14H18O5/c1-4-12(13(15)18-5-2)14(16)19-11-8-6-10(17-3)7-9-11/h6-9,12H,4-5H2,1-3H3. The Labute approximate surface area is 112 Å². The van der Waals surface area contributed by atoms with Crippen molar-refractivity contribution in [2.24, 2.45) is 5.92 Å². The Bertz CT molecular complexity index is 424. The van der Waals surface area contributed by atoms with Gasteiger partial charge in [-0.05, 0) is 37.6 Å². The van der Waals surface area contributed by atoms with Crippen molar-refractivity contribution in [2.75, 3.05) is 13.7 Å². The van der Waals surface area contributed by atoms with Crippen LogP contribution in [0.25, 0.3) is 0 Å². The first-order valence-electron chi connectivity index (χ1n) is 6.14. The summed E-state index contributed by atoms with van der Waals surface area (Å²) >= 11 is 0. The number of rotatable bonds is 6. The molecule has 0 aliphatic heterocycles. The number of hydrogen-bond donors (Lipinski definition) is 0. The van der Waals surface area contributed by atoms with Crippen LogP contribution in [0.5, 0.6) is 11.5 Å². The smallest absolute Gasteiger partial charge is 0.325 e. The Balaban J connectivity index is 2.68. The van der Waals surface area contributed by atoms with Gasteiger partial charge in [0, 0.05) is 0 Å². The number of esters is 2. The van der Waals surface area contributed by atoms with Gasteiger partial charge >= 0.3 is 11.9 Å². The fourth-order valence-corrected chi connectivity index (χ4v) is 1.50. The van der Waals surface area contributed by atoms with Crippen molar-refractivity contribution in [1.29, 1.82) is 0 Å². The van der Waals surface area contributed by atoms with Gasteiger partial charge in [0.15, 0.2) is 5.92 Å². The molecular weight excluding hydrogens is 248 g/mol. The quantitative estimate of drug-likeness (QED) is 0.448. The Morgan fingerprint density at radius 3 is 2.11 bits per heavy atom. The third-order valence-corrected chi connectivity index (χ3v) is 2.54. The Morgan fingerprint density at radius 2 is 1.63 bits per heavy atom. The lowest BCUT2D eigenvalue weighted by atomic mass is 10.1. The van der Waals surface area contributed by atoms with Gasteiger partial charge in [-0.3, -0.25) is 9.59 Å². The summed E-state index contributed by atoms with van der Waals surface area (Å²) in [5.41, 5.74) is 0. The monoisotopic (exact) mass is 266 g/mol. The fraction of sp³-hybridized carbons (Fsp3) is 0.429. The van der Waals surface area contributed by atoms with Gasteiger partial charge in [-0.15, -0.1) is 0 Å². The first-order chi connectivity index (χ1) is 9.12. The van der Waals surface area contributed by atoms with Crippen molar-refractivity contribution in [1.82, 2.24) is 0 Å². The highest BCUT2D eigenvalue weighted by Crippen LogP contribution is 2.19. The van der Waals surface area contributed by atoms with Crippen molar-refractivity contribution >= 4 is 11.9 Å². The van der Waals surface area contributed by atoms with Crippen LogP contribution in [0, 0.1) is 5.92 Å². The maximum atomic E-state index is 11.9. The molecule has 0 heterocycles. The van der Waals surface area contributed by atoms with Gasteiger partial charge in [0.25, 0.3) is 0 Å². The Kier molecular flexibility index (Phi) is 5.85. The number of methoxy groups -OCH3 is 1. The highest BCUT2D eigenvalue weighted by molar-refractivity contribution is 5.95. The summed E-state index contributed by atoms with van der Waals surface area (Å²) in [5.74, 6) is -1.01. The van der Waals surface area contributed by atoms with Crippen LogP contribution in [0.2, 0.25) is 0 Å². The maximum Gasteiger partial charge on any atom is 0.325 e. The van der Waals surface area contributed by atoms with E-state index < -0.39 is 17.9 Å². The van der Waals surface area contributed by atoms with Gasteiger partial charge in [-0.1, -0.05) is 6.92 Å². The van der Waals surface area contributed by atoms with Crippen molar-refractivity contribution in [2.45, 2.75) is 20.3 Å². The normalized spacial score (nSPS) is 11.5. The van der Waals surface area contributed by atoms with Gasteiger partial charge in [0.1, 0.15) is 11.5 Å². The summed E-state index contributed by atoms with van der Waals surface area (Å²) in [6.45, 7) is 3.67. The largest absolute Gasteiger partial charge is 0.497 e. The van der Waals surface area contributed by atoms with Crippen molar-refractivity contribution in [3.8, 4) is 11.5 Å². The Hall–Kier alpha value is -2.04. The van der Waals surface area contributed by atoms with E-state index in [2.05, 4.69) is 0 Å². The number of hydrogen-bond acceptors (Lipinski definition) is 5. The SMILES string of the molecule is CCOC(=O)C(CC)C(=O)Oc1ccc(OC)cc1. The molecule has 0 aliphatic carbocycles. The van der Waals surface area contributed by atoms with Crippen LogP contribution in [-0.2, 0) is 14.3 Å². The predicted octanol–water partition coefficient (Wildman–Crippen LogP) is 2.19. The van der Waals surface area contributed by atoms with E-state index >= 15 is 0 Å². The molecule has 0 aromatic heterocycles. The zero-order valence-corrected chi connectivity index (χ0v) is 11.3. The third-order valence-electron chi connectivity index (χ3n) is 2.54. The number of benzene rings is 1. The second kappa shape index (κ2) is 7.41. The molecule has 1 aromatic rings. The van der Waals surface area contributed by atoms with Crippen molar-refractivity contribution < 1.29 is 23.8 Å². The highest BCUT2D eigenvalue weighted by Gasteiger charge is 2.28. The molecule has 0 amide bonds. The lowest BCUT2D eigenvalue weighted by molar-refractivity contribution is -0.157. The summed E-state index contributed by atoms with van der Waals surface area (Å²) in [6, 6.07) is 6.56. The van der Waals surface area contributed by atoms with E-state index in [4.69, 9.17) is 14.2 Å². The molecule has 0 saturated carbocycles. The molecule has 5 nitrogen and oxygen atoms in total. The molecule has 0 fully saturated rings. The van der Waals surface area contributed by atoms with E-state index in [-0.39, 0.29) is 6.61 Å². The molecule has 1 atom stereocenters. The summed E-state index contributed by atoms with van der Waals surface area (Å²) in [7, 11) is 1.55. The average Bonchev–Trinajstić information content (AvgIpc) is 2.40. The summed E-state index contributed by atoms with van der Waals surface area (Å²) in [4.78, 5) is 23.4. The van der Waals surface area contributed by atoms with Crippen LogP contribution in [0.1, 0.15) is 20.3 Å². The van der Waals surface area contributed by atoms with Gasteiger partial charge in [-0.2, -0.15) is 0 Å². The molecular formula is C14H18O5. The lowest BCUT2D eigenvalue weighted by Crippen LogP contribution is -2.29. The second-order valence-corrected chi connectivity index (χ2v) is 3.81. The van der Waals surface area contributed by atoms with Gasteiger partial charge in [0.2, 0.25) is 0 Å². The first kappa shape index (κ1) is 15.0. The van der Waals surface area contributed by atoms with Crippen LogP contribution in [0.3, 0.4) is 0 Å². The minimum atomic E-state index is -0.887. The van der Waals surface area contributed by atoms with Gasteiger partial charge in [0.05, 0.1) is 13.7 Å². The van der Waals surface area contributed by atoms with Crippen LogP contribution >= 0.6 is 0 Å². The number of carbonyl (C=O) groups is 2. The second-order valence-electron chi connectivity index (χ2n) is 3.81. The van der Waals surface area contributed by atoms with Gasteiger partial charge in [-0.25, -0.2) is 0 Å². The summed E-state index contributed by atoms with van der Waals surface area (Å²) < 4.78 is 15.0. The molecule has 1 aromatic carbocycles. The molecule has 0 N–H and O–H groups in total. The predicted molar refractivity (Wildman–Crippen MR) is 69.0 cm³/mol. The molecule has 0 saturated heterocycles. The van der Waals surface area contributed by atoms with Gasteiger partial charge < -0.3 is 14.2 Å². The lowest BCUT2D eigenvalue weighted by Gasteiger charge is -2.12. The molecule has 1 unspecified atom stereocenters. The molecule has 104 valence electrons. The third kappa shape index (κ3) is 4.28. The average molecular weight is 266 g/mol. The topological polar surface area (TPSA) is 61.8 Å². The van der Waals surface area contributed by atoms with E-state index in [9.17, 15) is 9.59 Å². The molecule has 0 aliphatic rings. The summed E-state index contributed by atoms with van der Waals surface area (Å²) in [6.07, 6.45) is 0.341. The first-order valence-corrected chi connectivity index (χ1v) is 6.14. The van der Waals surface area contributed by atoms with E-state index in [1.54, 1.807) is 45.2 Å². The molecule has 1 rings (SSSR count). The fourth-order valence-electron chi connectivity index (χ4n) is 1.50. The molecule has 0 radical (unpaired) electrons. The highest BCUT2D eigenvalue weighted by atomic mass is 16.6. The minimum Gasteiger partial charge on any atom is -0.497 e. The molecule has 0 spiro atoms. The maximum absolute atomic E-state index is 11.9. The van der Waals surface area contributed by atoms with Crippen molar-refractivity contribution in [3.05, 3.63) is 24.3 Å². The van der Waals surface area contributed by atoms with E-state index in [1.807, 2.05) is 0 Å². The Morgan fingerprint density at radius 1 is 1.05 bits per heavy atom. The molecule has 19 heavy (non-hydrogen) atoms. The zero-order chi connectivity index (χ0) is 14.3. The van der Waals surface area contributed by atoms with Crippen LogP contribution in [-0.4, -0.2) is 25.7 Å². The van der Waals surface area contributed by atoms with Crippen LogP contribution in [0.4, 0.5) is 0 Å². The van der Waals surface area contributed by atoms with Crippen LogP contribution in [0.15, 0.2) is 24.3 Å². The zero-order valence-electron chi connectivity index (χ0n) is 11.3. The number of carbonyl (C=O) groups excluding carboxylic acids is 2. The molecule has 5 heteroatoms.